The zero-order chi connectivity index (χ0) is 14.2. The first-order valence-electron chi connectivity index (χ1n) is 7.07. The van der Waals surface area contributed by atoms with Gasteiger partial charge in [-0.3, -0.25) is 4.68 Å². The van der Waals surface area contributed by atoms with Crippen LogP contribution in [0.2, 0.25) is 0 Å². The fourth-order valence-electron chi connectivity index (χ4n) is 1.97. The van der Waals surface area contributed by atoms with Crippen LogP contribution in [0, 0.1) is 0 Å². The maximum absolute atomic E-state index is 5.07. The van der Waals surface area contributed by atoms with Crippen LogP contribution in [-0.4, -0.2) is 40.0 Å². The lowest BCUT2D eigenvalue weighted by Crippen LogP contribution is -2.22. The van der Waals surface area contributed by atoms with Gasteiger partial charge >= 0.3 is 0 Å². The van der Waals surface area contributed by atoms with Crippen molar-refractivity contribution >= 4 is 0 Å². The van der Waals surface area contributed by atoms with Gasteiger partial charge in [-0.15, -0.1) is 5.10 Å². The summed E-state index contributed by atoms with van der Waals surface area (Å²) in [7, 11) is 2.09. The molecule has 0 aromatic carbocycles. The molecule has 0 unspecified atom stereocenters. The third kappa shape index (κ3) is 4.79. The van der Waals surface area contributed by atoms with Crippen LogP contribution < -0.4 is 5.32 Å². The van der Waals surface area contributed by atoms with Crippen molar-refractivity contribution in [2.75, 3.05) is 20.1 Å². The summed E-state index contributed by atoms with van der Waals surface area (Å²) in [5.41, 5.74) is 2.19. The molecule has 0 aliphatic carbocycles. The Morgan fingerprint density at radius 3 is 3.10 bits per heavy atom. The minimum atomic E-state index is 0.790. The lowest BCUT2D eigenvalue weighted by atomic mass is 10.3. The molecule has 2 heterocycles. The quantitative estimate of drug-likeness (QED) is 0.704. The van der Waals surface area contributed by atoms with Crippen LogP contribution >= 0.6 is 0 Å². The molecule has 0 amide bonds. The van der Waals surface area contributed by atoms with Gasteiger partial charge in [-0.2, -0.15) is 0 Å². The van der Waals surface area contributed by atoms with Gasteiger partial charge in [0.1, 0.15) is 0 Å². The molecule has 0 saturated heterocycles. The number of hydrogen-bond acceptors (Lipinski definition) is 5. The normalized spacial score (nSPS) is 11.3. The van der Waals surface area contributed by atoms with E-state index in [0.717, 1.165) is 44.8 Å². The Morgan fingerprint density at radius 2 is 2.35 bits per heavy atom. The Hall–Kier alpha value is -1.66. The minimum Gasteiger partial charge on any atom is -0.472 e. The van der Waals surface area contributed by atoms with E-state index in [1.165, 1.54) is 5.56 Å². The van der Waals surface area contributed by atoms with Crippen molar-refractivity contribution in [3.8, 4) is 0 Å². The molecular weight excluding hydrogens is 254 g/mol. The number of nitrogens with one attached hydrogen (secondary N) is 1. The number of aromatic nitrogens is 3. The first-order valence-corrected chi connectivity index (χ1v) is 7.07. The Kier molecular flexibility index (Phi) is 5.76. The van der Waals surface area contributed by atoms with Gasteiger partial charge in [-0.05, 0) is 26.1 Å². The minimum absolute atomic E-state index is 0.790. The lowest BCUT2D eigenvalue weighted by molar-refractivity contribution is 0.303. The van der Waals surface area contributed by atoms with Crippen LogP contribution in [0.4, 0.5) is 0 Å². The fraction of sp³-hybridized carbons (Fsp3) is 0.571. The number of hydrogen-bond donors (Lipinski definition) is 1. The third-order valence-electron chi connectivity index (χ3n) is 3.06. The SMILES string of the molecule is CCCNCc1cn(CCN(C)Cc2ccoc2)nn1. The summed E-state index contributed by atoms with van der Waals surface area (Å²) in [5, 5.41) is 11.6. The van der Waals surface area contributed by atoms with Crippen molar-refractivity contribution in [2.45, 2.75) is 33.0 Å². The molecule has 0 saturated carbocycles. The van der Waals surface area contributed by atoms with Crippen LogP contribution in [0.3, 0.4) is 0 Å². The summed E-state index contributed by atoms with van der Waals surface area (Å²) in [6, 6.07) is 1.99. The molecule has 0 fully saturated rings. The molecule has 0 bridgehead atoms. The van der Waals surface area contributed by atoms with Gasteiger partial charge < -0.3 is 14.6 Å². The van der Waals surface area contributed by atoms with Crippen molar-refractivity contribution in [3.05, 3.63) is 36.0 Å². The molecular formula is C14H23N5O. The largest absolute Gasteiger partial charge is 0.472 e. The maximum atomic E-state index is 5.07. The predicted molar refractivity (Wildman–Crippen MR) is 77.1 cm³/mol. The summed E-state index contributed by atoms with van der Waals surface area (Å²) in [6.07, 6.45) is 6.63. The highest BCUT2D eigenvalue weighted by molar-refractivity contribution is 5.04. The predicted octanol–water partition coefficient (Wildman–Crippen LogP) is 1.50. The Labute approximate surface area is 119 Å². The molecule has 0 radical (unpaired) electrons. The van der Waals surface area contributed by atoms with E-state index >= 15 is 0 Å². The van der Waals surface area contributed by atoms with Crippen molar-refractivity contribution in [2.24, 2.45) is 0 Å². The van der Waals surface area contributed by atoms with E-state index in [-0.39, 0.29) is 0 Å². The number of furan rings is 1. The Morgan fingerprint density at radius 1 is 1.45 bits per heavy atom. The summed E-state index contributed by atoms with van der Waals surface area (Å²) in [5.74, 6) is 0. The van der Waals surface area contributed by atoms with E-state index < -0.39 is 0 Å². The van der Waals surface area contributed by atoms with Crippen molar-refractivity contribution in [3.63, 3.8) is 0 Å². The van der Waals surface area contributed by atoms with Gasteiger partial charge in [-0.1, -0.05) is 12.1 Å². The van der Waals surface area contributed by atoms with Crippen LogP contribution in [-0.2, 0) is 19.6 Å². The van der Waals surface area contributed by atoms with Gasteiger partial charge in [0, 0.05) is 31.4 Å². The van der Waals surface area contributed by atoms with Crippen LogP contribution in [0.15, 0.2) is 29.2 Å². The van der Waals surface area contributed by atoms with E-state index in [1.54, 1.807) is 12.5 Å². The highest BCUT2D eigenvalue weighted by atomic mass is 16.3. The highest BCUT2D eigenvalue weighted by Gasteiger charge is 2.04. The molecule has 6 heteroatoms. The van der Waals surface area contributed by atoms with E-state index in [4.69, 9.17) is 4.42 Å². The lowest BCUT2D eigenvalue weighted by Gasteiger charge is -2.14. The third-order valence-corrected chi connectivity index (χ3v) is 3.06. The maximum Gasteiger partial charge on any atom is 0.0964 e. The van der Waals surface area contributed by atoms with Crippen molar-refractivity contribution < 1.29 is 4.42 Å². The summed E-state index contributed by atoms with van der Waals surface area (Å²) in [4.78, 5) is 2.24. The smallest absolute Gasteiger partial charge is 0.0964 e. The zero-order valence-corrected chi connectivity index (χ0v) is 12.2. The second-order valence-corrected chi connectivity index (χ2v) is 5.02. The fourth-order valence-corrected chi connectivity index (χ4v) is 1.97. The first-order chi connectivity index (χ1) is 9.78. The number of rotatable bonds is 9. The molecule has 2 aromatic heterocycles. The number of nitrogens with zero attached hydrogens (tertiary/aromatic N) is 4. The summed E-state index contributed by atoms with van der Waals surface area (Å²) < 4.78 is 6.96. The second kappa shape index (κ2) is 7.81. The molecule has 6 nitrogen and oxygen atoms in total. The topological polar surface area (TPSA) is 59.1 Å². The number of likely N-dealkylation sites (N-methyl/N-ethyl adjacent to an activating group) is 1. The van der Waals surface area contributed by atoms with E-state index in [2.05, 4.69) is 34.5 Å². The van der Waals surface area contributed by atoms with Crippen molar-refractivity contribution in [1.82, 2.24) is 25.2 Å². The van der Waals surface area contributed by atoms with Gasteiger partial charge in [-0.25, -0.2) is 0 Å². The average molecular weight is 277 g/mol. The van der Waals surface area contributed by atoms with Gasteiger partial charge in [0.15, 0.2) is 0 Å². The van der Waals surface area contributed by atoms with E-state index in [1.807, 2.05) is 16.9 Å². The zero-order valence-electron chi connectivity index (χ0n) is 12.2. The Bertz CT molecular complexity index is 479. The highest BCUT2D eigenvalue weighted by Crippen LogP contribution is 2.03. The molecule has 0 atom stereocenters. The average Bonchev–Trinajstić information content (AvgIpc) is 3.08. The van der Waals surface area contributed by atoms with Gasteiger partial charge in [0.2, 0.25) is 0 Å². The molecule has 0 aliphatic rings. The first kappa shape index (κ1) is 14.7. The summed E-state index contributed by atoms with van der Waals surface area (Å²) in [6.45, 7) is 6.61. The van der Waals surface area contributed by atoms with E-state index in [9.17, 15) is 0 Å². The standard InChI is InChI=1S/C14H23N5O/c1-3-5-15-9-14-11-19(17-16-14)7-6-18(2)10-13-4-8-20-12-13/h4,8,11-12,15H,3,5-7,9-10H2,1-2H3. The van der Waals surface area contributed by atoms with Crippen LogP contribution in [0.25, 0.3) is 0 Å². The molecule has 20 heavy (non-hydrogen) atoms. The van der Waals surface area contributed by atoms with Gasteiger partial charge in [0.25, 0.3) is 0 Å². The molecule has 2 rings (SSSR count). The van der Waals surface area contributed by atoms with Crippen LogP contribution in [0.5, 0.6) is 0 Å². The van der Waals surface area contributed by atoms with Crippen molar-refractivity contribution in [1.29, 1.82) is 0 Å². The molecule has 2 aromatic rings. The molecule has 110 valence electrons. The summed E-state index contributed by atoms with van der Waals surface area (Å²) >= 11 is 0. The monoisotopic (exact) mass is 277 g/mol. The molecule has 1 N–H and O–H groups in total. The second-order valence-electron chi connectivity index (χ2n) is 5.02. The molecule has 0 aliphatic heterocycles. The van der Waals surface area contributed by atoms with Crippen LogP contribution in [0.1, 0.15) is 24.6 Å². The van der Waals surface area contributed by atoms with E-state index in [0.29, 0.717) is 0 Å². The Balaban J connectivity index is 1.70. The molecule has 0 spiro atoms. The van der Waals surface area contributed by atoms with Gasteiger partial charge in [0.05, 0.1) is 24.8 Å².